The van der Waals surface area contributed by atoms with Crippen molar-refractivity contribution in [1.82, 2.24) is 9.97 Å². The Balaban J connectivity index is 1.85. The number of anilines is 1. The second kappa shape index (κ2) is 8.69. The molecule has 0 fully saturated rings. The molecule has 0 spiro atoms. The first-order chi connectivity index (χ1) is 14.0. The molecule has 0 unspecified atom stereocenters. The average Bonchev–Trinajstić information content (AvgIpc) is 2.72. The predicted octanol–water partition coefficient (Wildman–Crippen LogP) is 4.34. The Kier molecular flexibility index (Phi) is 5.87. The largest absolute Gasteiger partial charge is 0.331 e. The van der Waals surface area contributed by atoms with Gasteiger partial charge in [-0.2, -0.15) is 5.26 Å². The molecular formula is C20H13N5O3S. The molecule has 1 aromatic heterocycles. The molecule has 142 valence electrons. The molecule has 1 heterocycles. The van der Waals surface area contributed by atoms with Gasteiger partial charge in [-0.15, -0.1) is 0 Å². The number of carbonyl (C=O) groups excluding carboxylic acids is 1. The molecule has 0 saturated carbocycles. The van der Waals surface area contributed by atoms with E-state index >= 15 is 0 Å². The summed E-state index contributed by atoms with van der Waals surface area (Å²) in [6.45, 7) is 0. The molecule has 3 aromatic rings. The van der Waals surface area contributed by atoms with Gasteiger partial charge in [0.05, 0.1) is 4.92 Å². The van der Waals surface area contributed by atoms with Gasteiger partial charge in [0.25, 0.3) is 11.6 Å². The van der Waals surface area contributed by atoms with E-state index in [4.69, 9.17) is 17.5 Å². The number of nitrogens with zero attached hydrogens (tertiary/aromatic N) is 3. The molecule has 0 aliphatic heterocycles. The molecule has 1 amide bonds. The lowest BCUT2D eigenvalue weighted by Crippen LogP contribution is -2.14. The molecule has 29 heavy (non-hydrogen) atoms. The number of H-pyrrole nitrogens is 1. The maximum Gasteiger partial charge on any atom is 0.289 e. The lowest BCUT2D eigenvalue weighted by Gasteiger charge is -2.06. The number of hydrogen-bond donors (Lipinski definition) is 2. The van der Waals surface area contributed by atoms with Gasteiger partial charge in [-0.25, -0.2) is 4.98 Å². The van der Waals surface area contributed by atoms with Crippen molar-refractivity contribution in [2.45, 2.75) is 0 Å². The van der Waals surface area contributed by atoms with Crippen molar-refractivity contribution in [3.63, 3.8) is 0 Å². The van der Waals surface area contributed by atoms with Gasteiger partial charge < -0.3 is 10.3 Å². The van der Waals surface area contributed by atoms with Crippen LogP contribution in [-0.4, -0.2) is 20.8 Å². The standard InChI is InChI=1S/C20H13N5O3S/c21-12-14-7-9-16(11-18(14)25(27)28)22-19(26)17-10-15(23-20(29)24-17)8-6-13-4-2-1-3-5-13/h1-11H,(H,22,26)(H,23,24,29)/b8-6+. The SMILES string of the molecule is N#Cc1ccc(NC(=O)c2cc(/C=C/c3ccccc3)[nH]c(=S)n2)cc1[N+](=O)[O-]. The van der Waals surface area contributed by atoms with Crippen molar-refractivity contribution in [3.05, 3.63) is 92.0 Å². The van der Waals surface area contributed by atoms with Gasteiger partial charge in [-0.05, 0) is 42.1 Å². The van der Waals surface area contributed by atoms with Crippen LogP contribution >= 0.6 is 12.2 Å². The van der Waals surface area contributed by atoms with Crippen molar-refractivity contribution in [1.29, 1.82) is 5.26 Å². The Morgan fingerprint density at radius 2 is 1.97 bits per heavy atom. The molecule has 2 N–H and O–H groups in total. The van der Waals surface area contributed by atoms with Crippen molar-refractivity contribution >= 4 is 41.7 Å². The van der Waals surface area contributed by atoms with Crippen molar-refractivity contribution in [2.75, 3.05) is 5.32 Å². The number of hydrogen-bond acceptors (Lipinski definition) is 6. The van der Waals surface area contributed by atoms with Gasteiger partial charge in [0.2, 0.25) is 0 Å². The number of nitro groups is 1. The second-order valence-corrected chi connectivity index (χ2v) is 6.21. The molecule has 0 saturated heterocycles. The normalized spacial score (nSPS) is 10.4. The van der Waals surface area contributed by atoms with Crippen LogP contribution in [0.2, 0.25) is 0 Å². The number of amides is 1. The van der Waals surface area contributed by atoms with Crippen molar-refractivity contribution in [3.8, 4) is 6.07 Å². The van der Waals surface area contributed by atoms with Crippen LogP contribution in [0.5, 0.6) is 0 Å². The second-order valence-electron chi connectivity index (χ2n) is 5.83. The summed E-state index contributed by atoms with van der Waals surface area (Å²) in [5.41, 5.74) is 1.28. The van der Waals surface area contributed by atoms with Gasteiger partial charge >= 0.3 is 0 Å². The summed E-state index contributed by atoms with van der Waals surface area (Å²) in [5.74, 6) is -0.585. The van der Waals surface area contributed by atoms with Gasteiger partial charge in [0, 0.05) is 17.4 Å². The van der Waals surface area contributed by atoms with E-state index in [2.05, 4.69) is 15.3 Å². The molecule has 0 atom stereocenters. The summed E-state index contributed by atoms with van der Waals surface area (Å²) >= 11 is 5.08. The van der Waals surface area contributed by atoms with E-state index in [-0.39, 0.29) is 21.7 Å². The zero-order valence-corrected chi connectivity index (χ0v) is 15.6. The third kappa shape index (κ3) is 4.97. The van der Waals surface area contributed by atoms with Crippen LogP contribution < -0.4 is 5.32 Å². The third-order valence-corrected chi connectivity index (χ3v) is 4.02. The lowest BCUT2D eigenvalue weighted by atomic mass is 10.1. The number of aromatic nitrogens is 2. The maximum atomic E-state index is 12.5. The quantitative estimate of drug-likeness (QED) is 0.371. The molecule has 0 aliphatic carbocycles. The predicted molar refractivity (Wildman–Crippen MR) is 111 cm³/mol. The van der Waals surface area contributed by atoms with Crippen molar-refractivity contribution in [2.24, 2.45) is 0 Å². The first-order valence-corrected chi connectivity index (χ1v) is 8.71. The molecule has 8 nitrogen and oxygen atoms in total. The van der Waals surface area contributed by atoms with E-state index in [1.54, 1.807) is 12.1 Å². The lowest BCUT2D eigenvalue weighted by molar-refractivity contribution is -0.385. The van der Waals surface area contributed by atoms with Crippen LogP contribution in [0.3, 0.4) is 0 Å². The van der Waals surface area contributed by atoms with E-state index in [1.807, 2.05) is 36.4 Å². The van der Waals surface area contributed by atoms with Crippen LogP contribution in [-0.2, 0) is 0 Å². The zero-order chi connectivity index (χ0) is 20.8. The summed E-state index contributed by atoms with van der Waals surface area (Å²) in [6, 6.07) is 16.6. The minimum Gasteiger partial charge on any atom is -0.331 e. The molecule has 2 aromatic carbocycles. The van der Waals surface area contributed by atoms with Crippen LogP contribution in [0.25, 0.3) is 12.2 Å². The van der Waals surface area contributed by atoms with Crippen LogP contribution in [0.1, 0.15) is 27.3 Å². The fraction of sp³-hybridized carbons (Fsp3) is 0. The highest BCUT2D eigenvalue weighted by Gasteiger charge is 2.16. The minimum atomic E-state index is -0.683. The number of nitrogens with one attached hydrogen (secondary N) is 2. The van der Waals surface area contributed by atoms with Crippen LogP contribution in [0.4, 0.5) is 11.4 Å². The summed E-state index contributed by atoms with van der Waals surface area (Å²) in [5, 5.41) is 22.5. The van der Waals surface area contributed by atoms with Crippen molar-refractivity contribution < 1.29 is 9.72 Å². The average molecular weight is 403 g/mol. The molecule has 0 radical (unpaired) electrons. The third-order valence-electron chi connectivity index (χ3n) is 3.83. The van der Waals surface area contributed by atoms with Gasteiger partial charge in [-0.1, -0.05) is 36.4 Å². The highest BCUT2D eigenvalue weighted by molar-refractivity contribution is 7.71. The number of nitro benzene ring substituents is 1. The molecule has 3 rings (SSSR count). The molecule has 0 aliphatic rings. The molecular weight excluding hydrogens is 390 g/mol. The zero-order valence-electron chi connectivity index (χ0n) is 14.8. The summed E-state index contributed by atoms with van der Waals surface area (Å²) in [7, 11) is 0. The highest BCUT2D eigenvalue weighted by Crippen LogP contribution is 2.23. The fourth-order valence-corrected chi connectivity index (χ4v) is 2.70. The first-order valence-electron chi connectivity index (χ1n) is 8.30. The Labute approximate surface area is 170 Å². The van der Waals surface area contributed by atoms with E-state index in [9.17, 15) is 14.9 Å². The van der Waals surface area contributed by atoms with Gasteiger partial charge in [0.1, 0.15) is 17.3 Å². The van der Waals surface area contributed by atoms with Crippen LogP contribution in [0.15, 0.2) is 54.6 Å². The number of aromatic amines is 1. The first kappa shape index (κ1) is 19.6. The number of rotatable bonds is 5. The summed E-state index contributed by atoms with van der Waals surface area (Å²) in [6.07, 6.45) is 3.61. The Morgan fingerprint density at radius 3 is 2.66 bits per heavy atom. The smallest absolute Gasteiger partial charge is 0.289 e. The van der Waals surface area contributed by atoms with E-state index in [1.165, 1.54) is 18.2 Å². The Bertz CT molecular complexity index is 1210. The molecule has 9 heteroatoms. The monoisotopic (exact) mass is 403 g/mol. The summed E-state index contributed by atoms with van der Waals surface area (Å²) < 4.78 is 0.121. The maximum absolute atomic E-state index is 12.5. The Morgan fingerprint density at radius 1 is 1.21 bits per heavy atom. The number of carbonyl (C=O) groups is 1. The van der Waals surface area contributed by atoms with E-state index in [0.29, 0.717) is 5.69 Å². The number of nitriles is 1. The Hall–Kier alpha value is -4.16. The fourth-order valence-electron chi connectivity index (χ4n) is 2.48. The summed E-state index contributed by atoms with van der Waals surface area (Å²) in [4.78, 5) is 29.8. The molecule has 0 bridgehead atoms. The van der Waals surface area contributed by atoms with E-state index in [0.717, 1.165) is 11.6 Å². The number of benzene rings is 2. The highest BCUT2D eigenvalue weighted by atomic mass is 32.1. The van der Waals surface area contributed by atoms with Gasteiger partial charge in [-0.3, -0.25) is 14.9 Å². The van der Waals surface area contributed by atoms with Crippen LogP contribution in [0, 0.1) is 26.2 Å². The van der Waals surface area contributed by atoms with E-state index < -0.39 is 16.5 Å². The minimum absolute atomic E-state index is 0.0495. The topological polar surface area (TPSA) is 125 Å². The van der Waals surface area contributed by atoms with Gasteiger partial charge in [0.15, 0.2) is 4.77 Å².